The van der Waals surface area contributed by atoms with E-state index < -0.39 is 6.10 Å². The number of nitrogens with zero attached hydrogens (tertiary/aromatic N) is 1. The molecular weight excluding hydrogens is 342 g/mol. The van der Waals surface area contributed by atoms with Crippen LogP contribution in [0.4, 0.5) is 5.69 Å². The van der Waals surface area contributed by atoms with Gasteiger partial charge in [-0.2, -0.15) is 0 Å². The Morgan fingerprint density at radius 2 is 1.89 bits per heavy atom. The molecule has 27 heavy (non-hydrogen) atoms. The normalized spacial score (nSPS) is 16.3. The first-order chi connectivity index (χ1) is 12.7. The van der Waals surface area contributed by atoms with E-state index in [1.165, 1.54) is 0 Å². The van der Waals surface area contributed by atoms with Crippen LogP contribution in [0.15, 0.2) is 18.2 Å². The number of carbonyl (C=O) groups excluding carboxylic acids is 2. The van der Waals surface area contributed by atoms with Gasteiger partial charge in [0.15, 0.2) is 6.10 Å². The number of hydrogen-bond donors (Lipinski definition) is 2. The first kappa shape index (κ1) is 21.2. The number of nitrogens with one attached hydrogen (secondary N) is 2. The van der Waals surface area contributed by atoms with Crippen molar-refractivity contribution in [1.29, 1.82) is 0 Å². The van der Waals surface area contributed by atoms with Gasteiger partial charge in [-0.15, -0.1) is 0 Å². The summed E-state index contributed by atoms with van der Waals surface area (Å²) in [5.74, 6) is 1.34. The second-order valence-corrected chi connectivity index (χ2v) is 8.20. The summed E-state index contributed by atoms with van der Waals surface area (Å²) in [4.78, 5) is 26.8. The molecule has 2 amide bonds. The van der Waals surface area contributed by atoms with E-state index in [-0.39, 0.29) is 18.2 Å². The fraction of sp³-hybridized carbons (Fsp3) is 0.619. The van der Waals surface area contributed by atoms with Crippen LogP contribution in [0.3, 0.4) is 0 Å². The minimum absolute atomic E-state index is 0.0213. The molecule has 6 nitrogen and oxygen atoms in total. The molecule has 1 aromatic rings. The van der Waals surface area contributed by atoms with Gasteiger partial charge < -0.3 is 20.3 Å². The van der Waals surface area contributed by atoms with Crippen LogP contribution in [0, 0.1) is 18.8 Å². The lowest BCUT2D eigenvalue weighted by Crippen LogP contribution is -2.43. The third kappa shape index (κ3) is 6.86. The molecule has 0 bridgehead atoms. The highest BCUT2D eigenvalue weighted by molar-refractivity contribution is 6.00. The Kier molecular flexibility index (Phi) is 7.66. The molecule has 1 aliphatic rings. The van der Waals surface area contributed by atoms with Gasteiger partial charge in [0.2, 0.25) is 5.91 Å². The topological polar surface area (TPSA) is 70.7 Å². The van der Waals surface area contributed by atoms with E-state index in [0.717, 1.165) is 25.2 Å². The summed E-state index contributed by atoms with van der Waals surface area (Å²) in [6.45, 7) is 14.2. The SMILES string of the molecule is Cc1ccc2c(c1)NC(=O)[C@H](CC(=O)NCCN(CC(C)C)CC(C)C)O2. The van der Waals surface area contributed by atoms with Crippen molar-refractivity contribution in [3.8, 4) is 5.75 Å². The standard InChI is InChI=1S/C21H33N3O3/c1-14(2)12-24(13-15(3)4)9-8-22-20(25)11-19-21(26)23-17-10-16(5)6-7-18(17)27-19/h6-7,10,14-15,19H,8-9,11-13H2,1-5H3,(H,22,25)(H,23,26)/t19-/m0/s1. The quantitative estimate of drug-likeness (QED) is 0.696. The molecule has 2 rings (SSSR count). The van der Waals surface area contributed by atoms with Crippen LogP contribution in [0.25, 0.3) is 0 Å². The van der Waals surface area contributed by atoms with Crippen molar-refractivity contribution >= 4 is 17.5 Å². The molecule has 0 aromatic heterocycles. The van der Waals surface area contributed by atoms with Crippen molar-refractivity contribution in [2.45, 2.75) is 47.1 Å². The monoisotopic (exact) mass is 375 g/mol. The maximum absolute atomic E-state index is 12.3. The van der Waals surface area contributed by atoms with E-state index in [9.17, 15) is 9.59 Å². The first-order valence-corrected chi connectivity index (χ1v) is 9.81. The number of anilines is 1. The van der Waals surface area contributed by atoms with Crippen LogP contribution in [-0.2, 0) is 9.59 Å². The number of ether oxygens (including phenoxy) is 1. The van der Waals surface area contributed by atoms with Gasteiger partial charge in [0.1, 0.15) is 5.75 Å². The fourth-order valence-electron chi connectivity index (χ4n) is 3.28. The number of aryl methyl sites for hydroxylation is 1. The molecule has 0 saturated heterocycles. The zero-order chi connectivity index (χ0) is 20.0. The van der Waals surface area contributed by atoms with Crippen LogP contribution in [0.1, 0.15) is 39.7 Å². The molecule has 1 aromatic carbocycles. The summed E-state index contributed by atoms with van der Waals surface area (Å²) in [5, 5.41) is 5.74. The molecule has 6 heteroatoms. The van der Waals surface area contributed by atoms with E-state index in [1.807, 2.05) is 25.1 Å². The Bertz CT molecular complexity index is 648. The fourth-order valence-corrected chi connectivity index (χ4v) is 3.28. The molecule has 1 aliphatic heterocycles. The zero-order valence-corrected chi connectivity index (χ0v) is 17.2. The minimum Gasteiger partial charge on any atom is -0.478 e. The Hall–Kier alpha value is -2.08. The minimum atomic E-state index is -0.789. The summed E-state index contributed by atoms with van der Waals surface area (Å²) in [6.07, 6.45) is -0.768. The smallest absolute Gasteiger partial charge is 0.266 e. The average Bonchev–Trinajstić information content (AvgIpc) is 2.54. The number of hydrogen-bond acceptors (Lipinski definition) is 4. The highest BCUT2D eigenvalue weighted by atomic mass is 16.5. The van der Waals surface area contributed by atoms with Crippen molar-refractivity contribution in [3.63, 3.8) is 0 Å². The molecule has 1 atom stereocenters. The average molecular weight is 376 g/mol. The summed E-state index contributed by atoms with van der Waals surface area (Å²) < 4.78 is 5.72. The summed E-state index contributed by atoms with van der Waals surface area (Å²) >= 11 is 0. The lowest BCUT2D eigenvalue weighted by Gasteiger charge is -2.27. The van der Waals surface area contributed by atoms with Crippen LogP contribution in [0.5, 0.6) is 5.75 Å². The molecule has 0 unspecified atom stereocenters. The molecular formula is C21H33N3O3. The Morgan fingerprint density at radius 3 is 2.52 bits per heavy atom. The van der Waals surface area contributed by atoms with Gasteiger partial charge in [-0.25, -0.2) is 0 Å². The highest BCUT2D eigenvalue weighted by Gasteiger charge is 2.29. The summed E-state index contributed by atoms with van der Waals surface area (Å²) in [7, 11) is 0. The third-order valence-corrected chi connectivity index (χ3v) is 4.32. The molecule has 0 saturated carbocycles. The van der Waals surface area contributed by atoms with E-state index in [2.05, 4.69) is 43.2 Å². The van der Waals surface area contributed by atoms with Gasteiger partial charge in [-0.1, -0.05) is 33.8 Å². The van der Waals surface area contributed by atoms with Gasteiger partial charge in [0, 0.05) is 26.2 Å². The van der Waals surface area contributed by atoms with E-state index in [1.54, 1.807) is 0 Å². The maximum atomic E-state index is 12.3. The van der Waals surface area contributed by atoms with Gasteiger partial charge >= 0.3 is 0 Å². The van der Waals surface area contributed by atoms with Crippen LogP contribution in [0.2, 0.25) is 0 Å². The lowest BCUT2D eigenvalue weighted by molar-refractivity contribution is -0.130. The number of fused-ring (bicyclic) bond motifs is 1. The van der Waals surface area contributed by atoms with Crippen molar-refractivity contribution < 1.29 is 14.3 Å². The van der Waals surface area contributed by atoms with Crippen molar-refractivity contribution in [2.75, 3.05) is 31.5 Å². The Balaban J connectivity index is 1.81. The number of amides is 2. The molecule has 0 aliphatic carbocycles. The van der Waals surface area contributed by atoms with E-state index in [0.29, 0.717) is 29.8 Å². The van der Waals surface area contributed by atoms with Crippen LogP contribution < -0.4 is 15.4 Å². The predicted octanol–water partition coefficient (Wildman–Crippen LogP) is 2.81. The summed E-state index contributed by atoms with van der Waals surface area (Å²) in [5.41, 5.74) is 1.70. The molecule has 2 N–H and O–H groups in total. The van der Waals surface area contributed by atoms with Crippen LogP contribution >= 0.6 is 0 Å². The Labute approximate surface area is 162 Å². The molecule has 1 heterocycles. The largest absolute Gasteiger partial charge is 0.478 e. The number of carbonyl (C=O) groups is 2. The van der Waals surface area contributed by atoms with Gasteiger partial charge in [0.05, 0.1) is 12.1 Å². The molecule has 0 radical (unpaired) electrons. The number of benzene rings is 1. The second kappa shape index (κ2) is 9.74. The Morgan fingerprint density at radius 1 is 1.22 bits per heavy atom. The molecule has 0 spiro atoms. The summed E-state index contributed by atoms with van der Waals surface area (Å²) in [6, 6.07) is 5.61. The second-order valence-electron chi connectivity index (χ2n) is 8.20. The molecule has 0 fully saturated rings. The molecule has 150 valence electrons. The number of rotatable bonds is 9. The lowest BCUT2D eigenvalue weighted by atomic mass is 10.1. The predicted molar refractivity (Wildman–Crippen MR) is 108 cm³/mol. The van der Waals surface area contributed by atoms with Gasteiger partial charge in [-0.05, 0) is 36.5 Å². The van der Waals surface area contributed by atoms with Gasteiger partial charge in [0.25, 0.3) is 5.91 Å². The third-order valence-electron chi connectivity index (χ3n) is 4.32. The van der Waals surface area contributed by atoms with Crippen molar-refractivity contribution in [2.24, 2.45) is 11.8 Å². The first-order valence-electron chi connectivity index (χ1n) is 9.81. The van der Waals surface area contributed by atoms with Crippen molar-refractivity contribution in [3.05, 3.63) is 23.8 Å². The maximum Gasteiger partial charge on any atom is 0.266 e. The van der Waals surface area contributed by atoms with Gasteiger partial charge in [-0.3, -0.25) is 9.59 Å². The van der Waals surface area contributed by atoms with Crippen molar-refractivity contribution in [1.82, 2.24) is 10.2 Å². The van der Waals surface area contributed by atoms with E-state index in [4.69, 9.17) is 4.74 Å². The van der Waals surface area contributed by atoms with E-state index >= 15 is 0 Å². The highest BCUT2D eigenvalue weighted by Crippen LogP contribution is 2.30. The zero-order valence-electron chi connectivity index (χ0n) is 17.2. The van der Waals surface area contributed by atoms with Crippen LogP contribution in [-0.4, -0.2) is 49.0 Å².